The number of rotatable bonds is 0. The average molecular weight is 130 g/mol. The molecule has 2 aromatic heterocycles. The minimum Gasteiger partial charge on any atom is -0.244 e. The van der Waals surface area contributed by atoms with Gasteiger partial charge in [0.1, 0.15) is 6.33 Å². The number of fused-ring (bicyclic) bond motifs is 1. The molecule has 10 heavy (non-hydrogen) atoms. The van der Waals surface area contributed by atoms with Gasteiger partial charge in [-0.3, -0.25) is 0 Å². The van der Waals surface area contributed by atoms with Crippen LogP contribution in [-0.4, -0.2) is 15.0 Å². The van der Waals surface area contributed by atoms with Gasteiger partial charge in [-0.1, -0.05) is 0 Å². The van der Waals surface area contributed by atoms with Crippen LogP contribution in [0.3, 0.4) is 0 Å². The average Bonchev–Trinajstić information content (AvgIpc) is 2.05. The maximum atomic E-state index is 3.93. The van der Waals surface area contributed by atoms with Gasteiger partial charge >= 0.3 is 0 Å². The molecule has 0 aliphatic heterocycles. The molecule has 0 amide bonds. The van der Waals surface area contributed by atoms with Crippen LogP contribution in [0, 0.1) is 6.20 Å². The van der Waals surface area contributed by atoms with Crippen molar-refractivity contribution in [1.29, 1.82) is 0 Å². The fraction of sp³-hybridized carbons (Fsp3) is 0. The summed E-state index contributed by atoms with van der Waals surface area (Å²) in [4.78, 5) is 11.7. The Hall–Kier alpha value is -1.51. The Bertz CT molecular complexity index is 280. The summed E-state index contributed by atoms with van der Waals surface area (Å²) < 4.78 is 0. The molecule has 0 aromatic carbocycles. The van der Waals surface area contributed by atoms with Gasteiger partial charge < -0.3 is 0 Å². The Morgan fingerprint density at radius 3 is 3.30 bits per heavy atom. The van der Waals surface area contributed by atoms with E-state index in [9.17, 15) is 0 Å². The van der Waals surface area contributed by atoms with Gasteiger partial charge in [0.2, 0.25) is 0 Å². The van der Waals surface area contributed by atoms with Crippen LogP contribution in [0.2, 0.25) is 0 Å². The summed E-state index contributed by atoms with van der Waals surface area (Å²) in [7, 11) is 0. The van der Waals surface area contributed by atoms with Gasteiger partial charge in [-0.15, -0.1) is 0 Å². The molecule has 2 rings (SSSR count). The van der Waals surface area contributed by atoms with Crippen LogP contribution in [-0.2, 0) is 0 Å². The molecule has 0 N–H and O–H groups in total. The summed E-state index contributed by atoms with van der Waals surface area (Å²) in [5, 5.41) is 0.946. The quantitative estimate of drug-likeness (QED) is 0.530. The van der Waals surface area contributed by atoms with Crippen molar-refractivity contribution in [3.8, 4) is 0 Å². The van der Waals surface area contributed by atoms with E-state index in [-0.39, 0.29) is 0 Å². The Morgan fingerprint density at radius 2 is 2.40 bits per heavy atom. The summed E-state index contributed by atoms with van der Waals surface area (Å²) in [6.07, 6.45) is 5.90. The van der Waals surface area contributed by atoms with Crippen molar-refractivity contribution >= 4 is 11.0 Å². The highest BCUT2D eigenvalue weighted by molar-refractivity contribution is 5.72. The number of aromatic nitrogens is 3. The smallest absolute Gasteiger partial charge is 0.163 e. The van der Waals surface area contributed by atoms with E-state index in [0.717, 1.165) is 5.39 Å². The van der Waals surface area contributed by atoms with Crippen LogP contribution in [0.1, 0.15) is 0 Å². The van der Waals surface area contributed by atoms with Gasteiger partial charge in [0.25, 0.3) is 0 Å². The van der Waals surface area contributed by atoms with Gasteiger partial charge in [0, 0.05) is 11.6 Å². The van der Waals surface area contributed by atoms with Crippen molar-refractivity contribution in [1.82, 2.24) is 15.0 Å². The van der Waals surface area contributed by atoms with Crippen LogP contribution in [0.4, 0.5) is 0 Å². The fourth-order valence-corrected chi connectivity index (χ4v) is 0.770. The summed E-state index contributed by atoms with van der Waals surface area (Å²) >= 11 is 0. The third-order valence-corrected chi connectivity index (χ3v) is 1.23. The van der Waals surface area contributed by atoms with Gasteiger partial charge in [0.05, 0.1) is 6.20 Å². The van der Waals surface area contributed by atoms with Crippen molar-refractivity contribution in [2.24, 2.45) is 0 Å². The molecule has 0 unspecified atom stereocenters. The fourth-order valence-electron chi connectivity index (χ4n) is 0.770. The van der Waals surface area contributed by atoms with Crippen molar-refractivity contribution in [2.75, 3.05) is 0 Å². The van der Waals surface area contributed by atoms with Gasteiger partial charge in [-0.25, -0.2) is 15.0 Å². The zero-order valence-corrected chi connectivity index (χ0v) is 5.15. The topological polar surface area (TPSA) is 38.7 Å². The zero-order chi connectivity index (χ0) is 6.81. The molecule has 0 saturated carbocycles. The van der Waals surface area contributed by atoms with E-state index >= 15 is 0 Å². The highest BCUT2D eigenvalue weighted by Crippen LogP contribution is 2.02. The van der Waals surface area contributed by atoms with Crippen molar-refractivity contribution in [3.05, 3.63) is 30.9 Å². The standard InChI is InChI=1S/C7H4N3/c1-2-6-4-8-5-10-7(6)9-3-1/h1-2,4-5H. The largest absolute Gasteiger partial charge is 0.244 e. The maximum Gasteiger partial charge on any atom is 0.163 e. The molecule has 2 heterocycles. The minimum atomic E-state index is 0.692. The van der Waals surface area contributed by atoms with Crippen LogP contribution >= 0.6 is 0 Å². The molecular formula is C7H4N3. The molecule has 1 radical (unpaired) electrons. The molecule has 47 valence electrons. The Kier molecular flexibility index (Phi) is 1.07. The molecule has 0 aliphatic carbocycles. The second-order valence-corrected chi connectivity index (χ2v) is 1.88. The van der Waals surface area contributed by atoms with Crippen LogP contribution < -0.4 is 0 Å². The van der Waals surface area contributed by atoms with E-state index in [1.165, 1.54) is 6.33 Å². The molecule has 0 aliphatic rings. The van der Waals surface area contributed by atoms with Crippen molar-refractivity contribution in [2.45, 2.75) is 0 Å². The van der Waals surface area contributed by atoms with E-state index < -0.39 is 0 Å². The number of pyridine rings is 1. The molecule has 0 saturated heterocycles. The summed E-state index contributed by atoms with van der Waals surface area (Å²) in [5.74, 6) is 0. The first-order valence-electron chi connectivity index (χ1n) is 2.89. The first-order valence-corrected chi connectivity index (χ1v) is 2.89. The lowest BCUT2D eigenvalue weighted by Crippen LogP contribution is -1.82. The predicted molar refractivity (Wildman–Crippen MR) is 36.2 cm³/mol. The molecule has 3 heteroatoms. The molecular weight excluding hydrogens is 126 g/mol. The Balaban J connectivity index is 2.89. The highest BCUT2D eigenvalue weighted by atomic mass is 14.9. The number of hydrogen-bond acceptors (Lipinski definition) is 3. The van der Waals surface area contributed by atoms with Crippen molar-refractivity contribution in [3.63, 3.8) is 0 Å². The molecule has 3 nitrogen and oxygen atoms in total. The van der Waals surface area contributed by atoms with E-state index in [4.69, 9.17) is 0 Å². The number of hydrogen-bond donors (Lipinski definition) is 0. The molecule has 0 atom stereocenters. The molecule has 0 fully saturated rings. The van der Waals surface area contributed by atoms with Crippen LogP contribution in [0.25, 0.3) is 11.0 Å². The van der Waals surface area contributed by atoms with Crippen LogP contribution in [0.5, 0.6) is 0 Å². The normalized spacial score (nSPS) is 10.0. The van der Waals surface area contributed by atoms with E-state index in [1.54, 1.807) is 12.3 Å². The summed E-state index contributed by atoms with van der Waals surface area (Å²) in [5.41, 5.74) is 0.692. The van der Waals surface area contributed by atoms with E-state index in [0.29, 0.717) is 5.65 Å². The SMILES string of the molecule is [c]1ccc2cncnc2n1. The van der Waals surface area contributed by atoms with Crippen molar-refractivity contribution < 1.29 is 0 Å². The Morgan fingerprint density at radius 1 is 1.40 bits per heavy atom. The molecule has 2 aromatic rings. The van der Waals surface area contributed by atoms with E-state index in [2.05, 4.69) is 21.1 Å². The van der Waals surface area contributed by atoms with Gasteiger partial charge in [0.15, 0.2) is 5.65 Å². The first kappa shape index (κ1) is 5.29. The number of nitrogens with zero attached hydrogens (tertiary/aromatic N) is 3. The lowest BCUT2D eigenvalue weighted by Gasteiger charge is -1.89. The maximum absolute atomic E-state index is 3.93. The lowest BCUT2D eigenvalue weighted by atomic mass is 10.3. The highest BCUT2D eigenvalue weighted by Gasteiger charge is 1.89. The van der Waals surface area contributed by atoms with Gasteiger partial charge in [-0.2, -0.15) is 0 Å². The molecule has 0 bridgehead atoms. The second kappa shape index (κ2) is 2.02. The predicted octanol–water partition coefficient (Wildman–Crippen LogP) is 0.825. The molecule has 0 spiro atoms. The first-order chi connectivity index (χ1) is 4.97. The second-order valence-electron chi connectivity index (χ2n) is 1.88. The third-order valence-electron chi connectivity index (χ3n) is 1.23. The van der Waals surface area contributed by atoms with E-state index in [1.807, 2.05) is 6.07 Å². The van der Waals surface area contributed by atoms with Gasteiger partial charge in [-0.05, 0) is 12.1 Å². The Labute approximate surface area is 57.8 Å². The minimum absolute atomic E-state index is 0.692. The third kappa shape index (κ3) is 0.719. The summed E-state index contributed by atoms with van der Waals surface area (Å²) in [6.45, 7) is 0. The summed E-state index contributed by atoms with van der Waals surface area (Å²) in [6, 6.07) is 3.62. The lowest BCUT2D eigenvalue weighted by molar-refractivity contribution is 1.18. The zero-order valence-electron chi connectivity index (χ0n) is 5.15. The monoisotopic (exact) mass is 130 g/mol. The van der Waals surface area contributed by atoms with Crippen LogP contribution in [0.15, 0.2) is 24.7 Å².